The predicted octanol–water partition coefficient (Wildman–Crippen LogP) is 3.25. The maximum Gasteiger partial charge on any atom is 0.169 e. The van der Waals surface area contributed by atoms with E-state index in [0.29, 0.717) is 6.10 Å². The van der Waals surface area contributed by atoms with E-state index in [-0.39, 0.29) is 11.4 Å². The fraction of sp³-hybridized carbons (Fsp3) is 1.00. The standard InChI is InChI=1S/C12H22O2/c1-10-6-4-8-12(13-10)9-5-7-11(2,3)14-12/h10H,4-9H2,1-3H3/t10-,12+/m1/s1. The molecule has 0 unspecified atom stereocenters. The van der Waals surface area contributed by atoms with E-state index in [1.54, 1.807) is 0 Å². The van der Waals surface area contributed by atoms with Crippen LogP contribution in [0.5, 0.6) is 0 Å². The number of rotatable bonds is 0. The van der Waals surface area contributed by atoms with Crippen molar-refractivity contribution in [3.63, 3.8) is 0 Å². The Morgan fingerprint density at radius 2 is 1.79 bits per heavy atom. The molecule has 0 N–H and O–H groups in total. The zero-order chi connectivity index (χ0) is 10.2. The van der Waals surface area contributed by atoms with E-state index >= 15 is 0 Å². The molecule has 0 radical (unpaired) electrons. The van der Waals surface area contributed by atoms with Crippen molar-refractivity contribution in [2.45, 2.75) is 76.8 Å². The van der Waals surface area contributed by atoms with Gasteiger partial charge < -0.3 is 9.47 Å². The molecule has 0 bridgehead atoms. The highest BCUT2D eigenvalue weighted by Gasteiger charge is 2.44. The van der Waals surface area contributed by atoms with Gasteiger partial charge in [-0.3, -0.25) is 0 Å². The summed E-state index contributed by atoms with van der Waals surface area (Å²) in [5.41, 5.74) is 0.00924. The lowest BCUT2D eigenvalue weighted by molar-refractivity contribution is -0.332. The molecule has 1 spiro atoms. The molecule has 2 heteroatoms. The predicted molar refractivity (Wildman–Crippen MR) is 56.1 cm³/mol. The maximum absolute atomic E-state index is 6.15. The lowest BCUT2D eigenvalue weighted by Crippen LogP contribution is -2.50. The molecule has 0 amide bonds. The molecule has 0 aromatic heterocycles. The third kappa shape index (κ3) is 2.12. The highest BCUT2D eigenvalue weighted by atomic mass is 16.7. The minimum Gasteiger partial charge on any atom is -0.347 e. The van der Waals surface area contributed by atoms with Gasteiger partial charge in [-0.05, 0) is 46.5 Å². The first-order chi connectivity index (χ1) is 6.52. The lowest BCUT2D eigenvalue weighted by atomic mass is 9.89. The Bertz CT molecular complexity index is 208. The van der Waals surface area contributed by atoms with E-state index in [4.69, 9.17) is 9.47 Å². The van der Waals surface area contributed by atoms with E-state index < -0.39 is 0 Å². The van der Waals surface area contributed by atoms with Gasteiger partial charge in [0.05, 0.1) is 11.7 Å². The Labute approximate surface area is 87.0 Å². The van der Waals surface area contributed by atoms with E-state index in [2.05, 4.69) is 20.8 Å². The summed E-state index contributed by atoms with van der Waals surface area (Å²) < 4.78 is 12.2. The first kappa shape index (κ1) is 10.4. The Morgan fingerprint density at radius 1 is 1.07 bits per heavy atom. The third-order valence-corrected chi connectivity index (χ3v) is 3.38. The van der Waals surface area contributed by atoms with Crippen molar-refractivity contribution in [3.05, 3.63) is 0 Å². The molecule has 0 aliphatic carbocycles. The van der Waals surface area contributed by atoms with Crippen molar-refractivity contribution in [2.24, 2.45) is 0 Å². The quantitative estimate of drug-likeness (QED) is 0.595. The van der Waals surface area contributed by atoms with Gasteiger partial charge in [-0.25, -0.2) is 0 Å². The van der Waals surface area contributed by atoms with Crippen molar-refractivity contribution in [2.75, 3.05) is 0 Å². The van der Waals surface area contributed by atoms with Crippen LogP contribution in [0.4, 0.5) is 0 Å². The molecular formula is C12H22O2. The summed E-state index contributed by atoms with van der Waals surface area (Å²) in [7, 11) is 0. The Balaban J connectivity index is 2.06. The molecule has 2 aliphatic heterocycles. The second kappa shape index (κ2) is 3.49. The normalized spacial score (nSPS) is 42.6. The molecule has 2 atom stereocenters. The second-order valence-corrected chi connectivity index (χ2v) is 5.45. The Morgan fingerprint density at radius 3 is 2.43 bits per heavy atom. The summed E-state index contributed by atoms with van der Waals surface area (Å²) >= 11 is 0. The van der Waals surface area contributed by atoms with Crippen LogP contribution in [0, 0.1) is 0 Å². The molecule has 2 rings (SSSR count). The SMILES string of the molecule is C[C@@H]1CCC[C@]2(CCCC(C)(C)O2)O1. The van der Waals surface area contributed by atoms with Crippen molar-refractivity contribution < 1.29 is 9.47 Å². The summed E-state index contributed by atoms with van der Waals surface area (Å²) in [6, 6.07) is 0. The largest absolute Gasteiger partial charge is 0.347 e. The third-order valence-electron chi connectivity index (χ3n) is 3.38. The second-order valence-electron chi connectivity index (χ2n) is 5.45. The molecule has 2 fully saturated rings. The van der Waals surface area contributed by atoms with Crippen LogP contribution in [0.15, 0.2) is 0 Å². The van der Waals surface area contributed by atoms with Crippen LogP contribution < -0.4 is 0 Å². The van der Waals surface area contributed by atoms with Gasteiger partial charge in [0.2, 0.25) is 0 Å². The Hall–Kier alpha value is -0.0800. The molecule has 2 nitrogen and oxygen atoms in total. The van der Waals surface area contributed by atoms with E-state index in [0.717, 1.165) is 19.3 Å². The monoisotopic (exact) mass is 198 g/mol. The fourth-order valence-corrected chi connectivity index (χ4v) is 2.79. The van der Waals surface area contributed by atoms with Crippen LogP contribution in [-0.2, 0) is 9.47 Å². The summed E-state index contributed by atoms with van der Waals surface area (Å²) in [5, 5.41) is 0. The zero-order valence-electron chi connectivity index (χ0n) is 9.64. The van der Waals surface area contributed by atoms with Crippen LogP contribution >= 0.6 is 0 Å². The number of hydrogen-bond donors (Lipinski definition) is 0. The summed E-state index contributed by atoms with van der Waals surface area (Å²) in [5.74, 6) is -0.237. The van der Waals surface area contributed by atoms with Gasteiger partial charge in [-0.15, -0.1) is 0 Å². The van der Waals surface area contributed by atoms with Crippen molar-refractivity contribution in [1.82, 2.24) is 0 Å². The van der Waals surface area contributed by atoms with Crippen molar-refractivity contribution in [3.8, 4) is 0 Å². The van der Waals surface area contributed by atoms with Crippen molar-refractivity contribution in [1.29, 1.82) is 0 Å². The smallest absolute Gasteiger partial charge is 0.169 e. The van der Waals surface area contributed by atoms with E-state index in [9.17, 15) is 0 Å². The van der Waals surface area contributed by atoms with Crippen molar-refractivity contribution >= 4 is 0 Å². The summed E-state index contributed by atoms with van der Waals surface area (Å²) in [6.45, 7) is 6.51. The van der Waals surface area contributed by atoms with Gasteiger partial charge in [-0.1, -0.05) is 0 Å². The molecule has 2 aliphatic rings. The lowest BCUT2D eigenvalue weighted by Gasteiger charge is -2.48. The highest BCUT2D eigenvalue weighted by Crippen LogP contribution is 2.42. The first-order valence-corrected chi connectivity index (χ1v) is 5.89. The first-order valence-electron chi connectivity index (χ1n) is 5.89. The number of ether oxygens (including phenoxy) is 2. The van der Waals surface area contributed by atoms with E-state index in [1.165, 1.54) is 19.3 Å². The van der Waals surface area contributed by atoms with Gasteiger partial charge in [0.1, 0.15) is 0 Å². The minimum atomic E-state index is -0.237. The van der Waals surface area contributed by atoms with Gasteiger partial charge in [0, 0.05) is 12.8 Å². The van der Waals surface area contributed by atoms with Crippen LogP contribution in [0.1, 0.15) is 59.3 Å². The molecule has 2 heterocycles. The average Bonchev–Trinajstić information content (AvgIpc) is 2.00. The van der Waals surface area contributed by atoms with Gasteiger partial charge in [0.25, 0.3) is 0 Å². The van der Waals surface area contributed by atoms with Crippen LogP contribution in [0.25, 0.3) is 0 Å². The summed E-state index contributed by atoms with van der Waals surface area (Å²) in [6.07, 6.45) is 7.37. The average molecular weight is 198 g/mol. The molecule has 0 aromatic carbocycles. The molecule has 14 heavy (non-hydrogen) atoms. The van der Waals surface area contributed by atoms with E-state index in [1.807, 2.05) is 0 Å². The van der Waals surface area contributed by atoms with Crippen LogP contribution in [0.2, 0.25) is 0 Å². The Kier molecular flexibility index (Phi) is 2.61. The van der Waals surface area contributed by atoms with Gasteiger partial charge in [-0.2, -0.15) is 0 Å². The molecule has 2 saturated heterocycles. The van der Waals surface area contributed by atoms with Crippen LogP contribution in [-0.4, -0.2) is 17.5 Å². The molecule has 0 saturated carbocycles. The zero-order valence-corrected chi connectivity index (χ0v) is 9.64. The summed E-state index contributed by atoms with van der Waals surface area (Å²) in [4.78, 5) is 0. The van der Waals surface area contributed by atoms with Gasteiger partial charge in [0.15, 0.2) is 5.79 Å². The molecule has 0 aromatic rings. The van der Waals surface area contributed by atoms with Crippen LogP contribution in [0.3, 0.4) is 0 Å². The minimum absolute atomic E-state index is 0.00924. The number of hydrogen-bond acceptors (Lipinski definition) is 2. The van der Waals surface area contributed by atoms with Gasteiger partial charge >= 0.3 is 0 Å². The topological polar surface area (TPSA) is 18.5 Å². The maximum atomic E-state index is 6.15. The molecule has 82 valence electrons. The fourth-order valence-electron chi connectivity index (χ4n) is 2.79. The molecular weight excluding hydrogens is 176 g/mol. The highest BCUT2D eigenvalue weighted by molar-refractivity contribution is 4.86.